The molecular formula is C28H35ClN2O2. The number of unbranched alkanes of at least 4 members (excludes halogenated alkanes) is 1. The minimum atomic E-state index is 0.148. The molecule has 0 spiro atoms. The van der Waals surface area contributed by atoms with Crippen LogP contribution in [0.3, 0.4) is 0 Å². The molecule has 0 atom stereocenters. The number of ether oxygens (including phenoxy) is 1. The Morgan fingerprint density at radius 2 is 1.58 bits per heavy atom. The topological polar surface area (TPSA) is 32.8 Å². The average molecular weight is 467 g/mol. The third-order valence-electron chi connectivity index (χ3n) is 6.04. The Kier molecular flexibility index (Phi) is 9.74. The van der Waals surface area contributed by atoms with Crippen LogP contribution in [-0.4, -0.2) is 55.4 Å². The summed E-state index contributed by atoms with van der Waals surface area (Å²) in [6.07, 6.45) is 2.64. The van der Waals surface area contributed by atoms with E-state index in [1.807, 2.05) is 36.4 Å². The molecule has 0 amide bonds. The molecule has 1 fully saturated rings. The normalized spacial score (nSPS) is 14.5. The fraction of sp³-hybridized carbons (Fsp3) is 0.393. The summed E-state index contributed by atoms with van der Waals surface area (Å²) in [7, 11) is 1.60. The van der Waals surface area contributed by atoms with Crippen LogP contribution in [0.4, 0.5) is 0 Å². The molecule has 3 aromatic carbocycles. The van der Waals surface area contributed by atoms with Gasteiger partial charge < -0.3 is 4.74 Å². The maximum absolute atomic E-state index is 12.8. The lowest BCUT2D eigenvalue weighted by Crippen LogP contribution is -2.47. The first-order chi connectivity index (χ1) is 16.0. The Hall–Kier alpha value is -2.40. The maximum atomic E-state index is 12.8. The molecule has 3 aromatic rings. The van der Waals surface area contributed by atoms with E-state index in [9.17, 15) is 4.79 Å². The lowest BCUT2D eigenvalue weighted by Gasteiger charge is -2.34. The molecule has 5 heteroatoms. The number of halogens is 1. The minimum Gasteiger partial charge on any atom is -0.495 e. The first-order valence-electron chi connectivity index (χ1n) is 11.8. The molecule has 0 radical (unpaired) electrons. The molecule has 4 nitrogen and oxygen atoms in total. The van der Waals surface area contributed by atoms with E-state index in [0.717, 1.165) is 49.1 Å². The van der Waals surface area contributed by atoms with Crippen molar-refractivity contribution < 1.29 is 9.53 Å². The summed E-state index contributed by atoms with van der Waals surface area (Å²) in [5.41, 5.74) is 2.06. The summed E-state index contributed by atoms with van der Waals surface area (Å²) >= 11 is 6.38. The van der Waals surface area contributed by atoms with E-state index in [-0.39, 0.29) is 5.78 Å². The van der Waals surface area contributed by atoms with Crippen LogP contribution in [0.15, 0.2) is 60.7 Å². The molecule has 0 unspecified atom stereocenters. The van der Waals surface area contributed by atoms with Crippen molar-refractivity contribution in [1.29, 1.82) is 0 Å². The summed E-state index contributed by atoms with van der Waals surface area (Å²) in [4.78, 5) is 17.5. The van der Waals surface area contributed by atoms with Crippen molar-refractivity contribution in [3.05, 3.63) is 76.8 Å². The van der Waals surface area contributed by atoms with E-state index < -0.39 is 0 Å². The zero-order valence-electron chi connectivity index (χ0n) is 20.0. The van der Waals surface area contributed by atoms with Gasteiger partial charge in [0.2, 0.25) is 0 Å². The second-order valence-corrected chi connectivity index (χ2v) is 8.86. The number of carbonyl (C=O) groups excluding carboxylic acids is 1. The summed E-state index contributed by atoms with van der Waals surface area (Å²) in [5, 5.41) is 2.44. The fourth-order valence-corrected chi connectivity index (χ4v) is 4.16. The summed E-state index contributed by atoms with van der Waals surface area (Å²) in [6, 6.07) is 20.0. The Morgan fingerprint density at radius 1 is 0.909 bits per heavy atom. The van der Waals surface area contributed by atoms with Crippen molar-refractivity contribution in [2.45, 2.75) is 33.2 Å². The van der Waals surface area contributed by atoms with Gasteiger partial charge >= 0.3 is 0 Å². The predicted octanol–water partition coefficient (Wildman–Crippen LogP) is 6.31. The number of rotatable bonds is 7. The van der Waals surface area contributed by atoms with Gasteiger partial charge in [-0.15, -0.1) is 0 Å². The van der Waals surface area contributed by atoms with Crippen LogP contribution in [0.2, 0.25) is 5.02 Å². The van der Waals surface area contributed by atoms with Gasteiger partial charge in [0.05, 0.1) is 18.7 Å². The van der Waals surface area contributed by atoms with E-state index in [1.165, 1.54) is 18.4 Å². The molecule has 0 bridgehead atoms. The number of ketones is 1. The highest BCUT2D eigenvalue weighted by atomic mass is 35.5. The molecule has 0 N–H and O–H groups in total. The zero-order valence-corrected chi connectivity index (χ0v) is 20.8. The van der Waals surface area contributed by atoms with E-state index >= 15 is 0 Å². The van der Waals surface area contributed by atoms with Crippen molar-refractivity contribution in [1.82, 2.24) is 9.80 Å². The Labute approximate surface area is 203 Å². The van der Waals surface area contributed by atoms with Gasteiger partial charge in [0.25, 0.3) is 0 Å². The second-order valence-electron chi connectivity index (χ2n) is 8.48. The van der Waals surface area contributed by atoms with Crippen molar-refractivity contribution in [2.24, 2.45) is 0 Å². The third kappa shape index (κ3) is 7.04. The van der Waals surface area contributed by atoms with E-state index in [1.54, 1.807) is 7.11 Å². The van der Waals surface area contributed by atoms with Crippen LogP contribution in [0.25, 0.3) is 10.8 Å². The SMILES string of the molecule is CCCC.COc1ccc2cc(C(=O)CN3CCN(Cc4ccccc4)CC3)ccc2c1Cl. The van der Waals surface area contributed by atoms with Gasteiger partial charge in [-0.25, -0.2) is 0 Å². The molecule has 1 heterocycles. The van der Waals surface area contributed by atoms with E-state index in [2.05, 4.69) is 47.9 Å². The smallest absolute Gasteiger partial charge is 0.176 e. The number of piperazine rings is 1. The summed E-state index contributed by atoms with van der Waals surface area (Å²) in [5.74, 6) is 0.793. The number of fused-ring (bicyclic) bond motifs is 1. The Balaban J connectivity index is 0.000000709. The number of methoxy groups -OCH3 is 1. The average Bonchev–Trinajstić information content (AvgIpc) is 2.86. The van der Waals surface area contributed by atoms with E-state index in [0.29, 0.717) is 17.3 Å². The lowest BCUT2D eigenvalue weighted by atomic mass is 10.0. The molecule has 4 rings (SSSR count). The number of carbonyl (C=O) groups is 1. The quantitative estimate of drug-likeness (QED) is 0.382. The monoisotopic (exact) mass is 466 g/mol. The van der Waals surface area contributed by atoms with Crippen LogP contribution in [0.1, 0.15) is 42.6 Å². The number of Topliss-reactive ketones (excluding diaryl/α,β-unsaturated/α-hetero) is 1. The molecule has 1 saturated heterocycles. The van der Waals surface area contributed by atoms with Gasteiger partial charge in [-0.3, -0.25) is 14.6 Å². The number of benzene rings is 3. The van der Waals surface area contributed by atoms with Gasteiger partial charge in [-0.05, 0) is 23.1 Å². The van der Waals surface area contributed by atoms with Gasteiger partial charge in [-0.2, -0.15) is 0 Å². The second kappa shape index (κ2) is 12.7. The highest BCUT2D eigenvalue weighted by molar-refractivity contribution is 6.37. The highest BCUT2D eigenvalue weighted by Crippen LogP contribution is 2.33. The van der Waals surface area contributed by atoms with Crippen LogP contribution in [0.5, 0.6) is 5.75 Å². The number of hydrogen-bond acceptors (Lipinski definition) is 4. The Bertz CT molecular complexity index is 1030. The van der Waals surface area contributed by atoms with Gasteiger partial charge in [0.15, 0.2) is 5.78 Å². The minimum absolute atomic E-state index is 0.148. The number of hydrogen-bond donors (Lipinski definition) is 0. The molecule has 1 aliphatic rings. The van der Waals surface area contributed by atoms with Crippen molar-refractivity contribution in [2.75, 3.05) is 39.8 Å². The third-order valence-corrected chi connectivity index (χ3v) is 6.43. The van der Waals surface area contributed by atoms with E-state index in [4.69, 9.17) is 16.3 Å². The number of nitrogens with zero attached hydrogens (tertiary/aromatic N) is 2. The zero-order chi connectivity index (χ0) is 23.6. The molecule has 1 aliphatic heterocycles. The molecule has 33 heavy (non-hydrogen) atoms. The molecule has 0 aromatic heterocycles. The molecule has 0 saturated carbocycles. The molecule has 0 aliphatic carbocycles. The summed E-state index contributed by atoms with van der Waals surface area (Å²) < 4.78 is 5.27. The Morgan fingerprint density at radius 3 is 2.21 bits per heavy atom. The fourth-order valence-electron chi connectivity index (χ4n) is 3.84. The van der Waals surface area contributed by atoms with Crippen molar-refractivity contribution in [3.8, 4) is 5.75 Å². The first-order valence-corrected chi connectivity index (χ1v) is 12.2. The standard InChI is InChI=1S/C24H25ClN2O2.C4H10/c1-29-23-10-8-19-15-20(7-9-21(19)24(23)25)22(28)17-27-13-11-26(12-14-27)16-18-5-3-2-4-6-18;1-3-4-2/h2-10,15H,11-14,16-17H2,1H3;3-4H2,1-2H3. The van der Waals surface area contributed by atoms with Crippen LogP contribution in [0, 0.1) is 0 Å². The first kappa shape index (κ1) is 25.2. The lowest BCUT2D eigenvalue weighted by molar-refractivity contribution is 0.0844. The largest absolute Gasteiger partial charge is 0.495 e. The van der Waals surface area contributed by atoms with Crippen LogP contribution >= 0.6 is 11.6 Å². The van der Waals surface area contributed by atoms with Gasteiger partial charge in [0.1, 0.15) is 5.75 Å². The maximum Gasteiger partial charge on any atom is 0.176 e. The summed E-state index contributed by atoms with van der Waals surface area (Å²) in [6.45, 7) is 9.57. The van der Waals surface area contributed by atoms with Crippen molar-refractivity contribution >= 4 is 28.2 Å². The molecular weight excluding hydrogens is 432 g/mol. The predicted molar refractivity (Wildman–Crippen MR) is 139 cm³/mol. The highest BCUT2D eigenvalue weighted by Gasteiger charge is 2.20. The van der Waals surface area contributed by atoms with Crippen LogP contribution < -0.4 is 4.74 Å². The van der Waals surface area contributed by atoms with Gasteiger partial charge in [-0.1, -0.05) is 86.8 Å². The molecule has 176 valence electrons. The van der Waals surface area contributed by atoms with Crippen LogP contribution in [-0.2, 0) is 6.54 Å². The van der Waals surface area contributed by atoms with Crippen molar-refractivity contribution in [3.63, 3.8) is 0 Å². The van der Waals surface area contributed by atoms with Gasteiger partial charge in [0, 0.05) is 43.7 Å².